The molecular weight excluding hydrogens is 338 g/mol. The third kappa shape index (κ3) is 4.89. The van der Waals surface area contributed by atoms with Crippen molar-refractivity contribution in [3.8, 4) is 11.5 Å². The molecule has 0 unspecified atom stereocenters. The second-order valence-electron chi connectivity index (χ2n) is 5.72. The number of methoxy groups -OCH3 is 2. The summed E-state index contributed by atoms with van der Waals surface area (Å²) in [5, 5.41) is 9.09. The summed E-state index contributed by atoms with van der Waals surface area (Å²) in [5.74, 6) is 0.533. The van der Waals surface area contributed by atoms with Crippen molar-refractivity contribution in [1.82, 2.24) is 4.90 Å². The summed E-state index contributed by atoms with van der Waals surface area (Å²) in [4.78, 5) is 12.9. The van der Waals surface area contributed by atoms with E-state index in [2.05, 4.69) is 15.9 Å². The van der Waals surface area contributed by atoms with E-state index in [1.165, 1.54) is 0 Å². The van der Waals surface area contributed by atoms with Crippen LogP contribution in [0.25, 0.3) is 0 Å². The van der Waals surface area contributed by atoms with Gasteiger partial charge in [0, 0.05) is 17.6 Å². The van der Waals surface area contributed by atoms with Gasteiger partial charge in [-0.25, -0.2) is 0 Å². The molecule has 0 atom stereocenters. The Kier molecular flexibility index (Phi) is 6.04. The maximum Gasteiger partial charge on any atom is 0.317 e. The molecular formula is C15H22BrNO4. The second kappa shape index (κ2) is 7.13. The Morgan fingerprint density at radius 2 is 1.81 bits per heavy atom. The zero-order valence-corrected chi connectivity index (χ0v) is 14.7. The SMILES string of the molecule is COc1cc(CN(CC(=O)O)C(C)(C)C)c(OC)cc1Br. The molecule has 0 heterocycles. The van der Waals surface area contributed by atoms with Crippen molar-refractivity contribution in [1.29, 1.82) is 0 Å². The molecule has 0 saturated carbocycles. The number of carboxylic acid groups (broad SMARTS) is 1. The molecule has 0 aliphatic rings. The van der Waals surface area contributed by atoms with E-state index in [0.717, 1.165) is 10.0 Å². The van der Waals surface area contributed by atoms with E-state index in [0.29, 0.717) is 18.0 Å². The van der Waals surface area contributed by atoms with Crippen molar-refractivity contribution >= 4 is 21.9 Å². The minimum Gasteiger partial charge on any atom is -0.496 e. The molecule has 0 aromatic heterocycles. The number of aliphatic carboxylic acids is 1. The van der Waals surface area contributed by atoms with Crippen molar-refractivity contribution < 1.29 is 19.4 Å². The van der Waals surface area contributed by atoms with E-state index in [-0.39, 0.29) is 12.1 Å². The summed E-state index contributed by atoms with van der Waals surface area (Å²) in [6, 6.07) is 3.69. The van der Waals surface area contributed by atoms with Crippen LogP contribution >= 0.6 is 15.9 Å². The molecule has 0 saturated heterocycles. The van der Waals surface area contributed by atoms with Crippen molar-refractivity contribution in [2.24, 2.45) is 0 Å². The number of carbonyl (C=O) groups is 1. The van der Waals surface area contributed by atoms with Gasteiger partial charge in [-0.1, -0.05) is 0 Å². The fourth-order valence-electron chi connectivity index (χ4n) is 1.95. The average Bonchev–Trinajstić information content (AvgIpc) is 2.37. The van der Waals surface area contributed by atoms with Gasteiger partial charge >= 0.3 is 5.97 Å². The third-order valence-corrected chi connectivity index (χ3v) is 3.81. The molecule has 21 heavy (non-hydrogen) atoms. The van der Waals surface area contributed by atoms with E-state index >= 15 is 0 Å². The van der Waals surface area contributed by atoms with Crippen LogP contribution in [-0.2, 0) is 11.3 Å². The molecule has 6 heteroatoms. The summed E-state index contributed by atoms with van der Waals surface area (Å²) in [5.41, 5.74) is 0.609. The van der Waals surface area contributed by atoms with Gasteiger partial charge in [-0.15, -0.1) is 0 Å². The lowest BCUT2D eigenvalue weighted by Crippen LogP contribution is -2.43. The maximum absolute atomic E-state index is 11.1. The van der Waals surface area contributed by atoms with E-state index in [4.69, 9.17) is 14.6 Å². The molecule has 5 nitrogen and oxygen atoms in total. The van der Waals surface area contributed by atoms with Crippen molar-refractivity contribution in [3.63, 3.8) is 0 Å². The fraction of sp³-hybridized carbons (Fsp3) is 0.533. The highest BCUT2D eigenvalue weighted by atomic mass is 79.9. The largest absolute Gasteiger partial charge is 0.496 e. The second-order valence-corrected chi connectivity index (χ2v) is 6.57. The number of nitrogens with zero attached hydrogens (tertiary/aromatic N) is 1. The number of rotatable bonds is 6. The normalized spacial score (nSPS) is 11.6. The minimum absolute atomic E-state index is 0.0367. The monoisotopic (exact) mass is 359 g/mol. The maximum atomic E-state index is 11.1. The summed E-state index contributed by atoms with van der Waals surface area (Å²) >= 11 is 3.42. The molecule has 0 radical (unpaired) electrons. The highest BCUT2D eigenvalue weighted by molar-refractivity contribution is 9.10. The number of ether oxygens (including phenoxy) is 2. The van der Waals surface area contributed by atoms with Gasteiger partial charge in [0.2, 0.25) is 0 Å². The van der Waals surface area contributed by atoms with Gasteiger partial charge in [0.15, 0.2) is 0 Å². The highest BCUT2D eigenvalue weighted by Crippen LogP contribution is 2.34. The first-order chi connectivity index (χ1) is 9.68. The number of carboxylic acids is 1. The zero-order valence-electron chi connectivity index (χ0n) is 13.1. The molecule has 0 fully saturated rings. The Morgan fingerprint density at radius 3 is 2.24 bits per heavy atom. The first-order valence-electron chi connectivity index (χ1n) is 6.56. The van der Waals surface area contributed by atoms with E-state index in [1.54, 1.807) is 14.2 Å². The quantitative estimate of drug-likeness (QED) is 0.845. The predicted molar refractivity (Wildman–Crippen MR) is 85.0 cm³/mol. The summed E-state index contributed by atoms with van der Waals surface area (Å²) in [6.07, 6.45) is 0. The van der Waals surface area contributed by atoms with Crippen LogP contribution in [-0.4, -0.2) is 42.3 Å². The zero-order chi connectivity index (χ0) is 16.2. The van der Waals surface area contributed by atoms with Crippen LogP contribution in [0.2, 0.25) is 0 Å². The van der Waals surface area contributed by atoms with E-state index < -0.39 is 5.97 Å². The first kappa shape index (κ1) is 17.8. The lowest BCUT2D eigenvalue weighted by Gasteiger charge is -2.34. The molecule has 1 aromatic rings. The topological polar surface area (TPSA) is 59.0 Å². The molecule has 118 valence electrons. The van der Waals surface area contributed by atoms with Crippen molar-refractivity contribution in [2.45, 2.75) is 32.9 Å². The molecule has 0 aliphatic heterocycles. The van der Waals surface area contributed by atoms with Crippen LogP contribution in [0.3, 0.4) is 0 Å². The Labute approximate surface area is 134 Å². The molecule has 0 bridgehead atoms. The molecule has 0 aliphatic carbocycles. The summed E-state index contributed by atoms with van der Waals surface area (Å²) in [6.45, 7) is 6.38. The van der Waals surface area contributed by atoms with E-state index in [9.17, 15) is 4.79 Å². The number of hydrogen-bond acceptors (Lipinski definition) is 4. The highest BCUT2D eigenvalue weighted by Gasteiger charge is 2.25. The molecule has 1 rings (SSSR count). The van der Waals surface area contributed by atoms with Crippen LogP contribution in [0.5, 0.6) is 11.5 Å². The van der Waals surface area contributed by atoms with Gasteiger partial charge < -0.3 is 14.6 Å². The van der Waals surface area contributed by atoms with Gasteiger partial charge in [0.25, 0.3) is 0 Å². The lowest BCUT2D eigenvalue weighted by atomic mass is 10.0. The Hall–Kier alpha value is -1.27. The van der Waals surface area contributed by atoms with Crippen LogP contribution in [0.1, 0.15) is 26.3 Å². The van der Waals surface area contributed by atoms with Gasteiger partial charge in [-0.2, -0.15) is 0 Å². The smallest absolute Gasteiger partial charge is 0.317 e. The molecule has 0 spiro atoms. The van der Waals surface area contributed by atoms with Crippen LogP contribution in [0.15, 0.2) is 16.6 Å². The minimum atomic E-state index is -0.854. The van der Waals surface area contributed by atoms with Gasteiger partial charge in [0.1, 0.15) is 11.5 Å². The van der Waals surface area contributed by atoms with Crippen LogP contribution in [0, 0.1) is 0 Å². The fourth-order valence-corrected chi connectivity index (χ4v) is 2.43. The summed E-state index contributed by atoms with van der Waals surface area (Å²) < 4.78 is 11.5. The molecule has 1 N–H and O–H groups in total. The van der Waals surface area contributed by atoms with Crippen molar-refractivity contribution in [3.05, 3.63) is 22.2 Å². The lowest BCUT2D eigenvalue weighted by molar-refractivity contribution is -0.139. The number of halogens is 1. The average molecular weight is 360 g/mol. The first-order valence-corrected chi connectivity index (χ1v) is 7.35. The summed E-state index contributed by atoms with van der Waals surface area (Å²) in [7, 11) is 3.19. The molecule has 0 amide bonds. The van der Waals surface area contributed by atoms with Gasteiger partial charge in [-0.05, 0) is 48.8 Å². The Balaban J connectivity index is 3.15. The predicted octanol–water partition coefficient (Wildman–Crippen LogP) is 3.15. The van der Waals surface area contributed by atoms with Gasteiger partial charge in [0.05, 0.1) is 25.2 Å². The van der Waals surface area contributed by atoms with Gasteiger partial charge in [-0.3, -0.25) is 9.69 Å². The molecule has 1 aromatic carbocycles. The Bertz CT molecular complexity index is 511. The van der Waals surface area contributed by atoms with Crippen molar-refractivity contribution in [2.75, 3.05) is 20.8 Å². The van der Waals surface area contributed by atoms with Crippen LogP contribution in [0.4, 0.5) is 0 Å². The number of benzene rings is 1. The Morgan fingerprint density at radius 1 is 1.24 bits per heavy atom. The third-order valence-electron chi connectivity index (χ3n) is 3.19. The standard InChI is InChI=1S/C15H22BrNO4/c1-15(2,3)17(9-14(18)19)8-10-6-13(21-5)11(16)7-12(10)20-4/h6-7H,8-9H2,1-5H3,(H,18,19). The van der Waals surface area contributed by atoms with E-state index in [1.807, 2.05) is 37.8 Å². The number of hydrogen-bond donors (Lipinski definition) is 1. The van der Waals surface area contributed by atoms with Crippen LogP contribution < -0.4 is 9.47 Å².